The number of hydrogen-bond acceptors (Lipinski definition) is 2. The maximum Gasteiger partial charge on any atom is 0.139 e. The summed E-state index contributed by atoms with van der Waals surface area (Å²) in [5, 5.41) is 0. The lowest BCUT2D eigenvalue weighted by molar-refractivity contribution is -0.126. The number of carbonyl (C=O) groups excluding carboxylic acids is 1. The predicted octanol–water partition coefficient (Wildman–Crippen LogP) is 3.32. The molecule has 0 bridgehead atoms. The Labute approximate surface area is 92.7 Å². The average Bonchev–Trinajstić information content (AvgIpc) is 2.27. The van der Waals surface area contributed by atoms with Crippen LogP contribution < -0.4 is 0 Å². The van der Waals surface area contributed by atoms with E-state index in [1.807, 2.05) is 13.8 Å². The molecule has 0 aromatic heterocycles. The van der Waals surface area contributed by atoms with Crippen molar-refractivity contribution in [1.29, 1.82) is 0 Å². The normalized spacial score (nSPS) is 23.3. The van der Waals surface area contributed by atoms with Crippen LogP contribution in [0.15, 0.2) is 11.8 Å². The zero-order chi connectivity index (χ0) is 11.4. The summed E-state index contributed by atoms with van der Waals surface area (Å²) in [4.78, 5) is 11.6. The Kier molecular flexibility index (Phi) is 4.37. The van der Waals surface area contributed by atoms with Crippen LogP contribution in [-0.2, 0) is 9.53 Å². The van der Waals surface area contributed by atoms with Crippen LogP contribution in [-0.4, -0.2) is 11.9 Å². The first kappa shape index (κ1) is 12.3. The van der Waals surface area contributed by atoms with Crippen molar-refractivity contribution < 1.29 is 9.53 Å². The maximum atomic E-state index is 11.6. The monoisotopic (exact) mass is 210 g/mol. The SMILES string of the molecule is CCC(=O)C(C)C1CCC=C(C(C)C)O1. The predicted molar refractivity (Wildman–Crippen MR) is 61.5 cm³/mol. The first-order chi connectivity index (χ1) is 7.06. The Hall–Kier alpha value is -0.790. The van der Waals surface area contributed by atoms with Gasteiger partial charge in [-0.25, -0.2) is 0 Å². The van der Waals surface area contributed by atoms with E-state index in [2.05, 4.69) is 19.9 Å². The zero-order valence-electron chi connectivity index (χ0n) is 10.2. The van der Waals surface area contributed by atoms with Gasteiger partial charge < -0.3 is 4.74 Å². The van der Waals surface area contributed by atoms with Gasteiger partial charge in [-0.05, 0) is 18.9 Å². The van der Waals surface area contributed by atoms with Crippen molar-refractivity contribution in [2.24, 2.45) is 11.8 Å². The molecule has 0 amide bonds. The van der Waals surface area contributed by atoms with E-state index < -0.39 is 0 Å². The molecule has 15 heavy (non-hydrogen) atoms. The van der Waals surface area contributed by atoms with Crippen molar-refractivity contribution in [1.82, 2.24) is 0 Å². The Morgan fingerprint density at radius 1 is 1.53 bits per heavy atom. The third kappa shape index (κ3) is 3.08. The molecule has 0 N–H and O–H groups in total. The van der Waals surface area contributed by atoms with Crippen LogP contribution in [0.25, 0.3) is 0 Å². The molecule has 2 atom stereocenters. The fraction of sp³-hybridized carbons (Fsp3) is 0.769. The van der Waals surface area contributed by atoms with Crippen LogP contribution in [0, 0.1) is 11.8 Å². The van der Waals surface area contributed by atoms with E-state index in [0.717, 1.165) is 18.6 Å². The molecular formula is C13H22O2. The van der Waals surface area contributed by atoms with E-state index >= 15 is 0 Å². The van der Waals surface area contributed by atoms with Gasteiger partial charge in [-0.2, -0.15) is 0 Å². The van der Waals surface area contributed by atoms with Crippen LogP contribution in [0.4, 0.5) is 0 Å². The highest BCUT2D eigenvalue weighted by molar-refractivity contribution is 5.80. The van der Waals surface area contributed by atoms with Crippen molar-refractivity contribution in [2.45, 2.75) is 53.1 Å². The lowest BCUT2D eigenvalue weighted by Gasteiger charge is -2.30. The quantitative estimate of drug-likeness (QED) is 0.711. The Morgan fingerprint density at radius 2 is 2.20 bits per heavy atom. The largest absolute Gasteiger partial charge is 0.494 e. The summed E-state index contributed by atoms with van der Waals surface area (Å²) in [7, 11) is 0. The molecule has 1 aliphatic heterocycles. The second-order valence-corrected chi connectivity index (χ2v) is 4.60. The van der Waals surface area contributed by atoms with E-state index in [1.165, 1.54) is 0 Å². The third-order valence-electron chi connectivity index (χ3n) is 3.07. The number of carbonyl (C=O) groups is 1. The maximum absolute atomic E-state index is 11.6. The minimum absolute atomic E-state index is 0.0393. The van der Waals surface area contributed by atoms with Gasteiger partial charge in [-0.15, -0.1) is 0 Å². The Balaban J connectivity index is 2.60. The van der Waals surface area contributed by atoms with Gasteiger partial charge in [0.2, 0.25) is 0 Å². The molecule has 0 spiro atoms. The van der Waals surface area contributed by atoms with Gasteiger partial charge in [0.1, 0.15) is 11.9 Å². The smallest absolute Gasteiger partial charge is 0.139 e. The molecule has 1 rings (SSSR count). The number of hydrogen-bond donors (Lipinski definition) is 0. The first-order valence-corrected chi connectivity index (χ1v) is 5.95. The van der Waals surface area contributed by atoms with Crippen LogP contribution in [0.5, 0.6) is 0 Å². The van der Waals surface area contributed by atoms with Crippen molar-refractivity contribution >= 4 is 5.78 Å². The number of rotatable bonds is 4. The molecule has 2 unspecified atom stereocenters. The van der Waals surface area contributed by atoms with E-state index in [0.29, 0.717) is 18.1 Å². The molecule has 2 nitrogen and oxygen atoms in total. The van der Waals surface area contributed by atoms with Crippen molar-refractivity contribution in [3.05, 3.63) is 11.8 Å². The summed E-state index contributed by atoms with van der Waals surface area (Å²) >= 11 is 0. The molecular weight excluding hydrogens is 188 g/mol. The highest BCUT2D eigenvalue weighted by Crippen LogP contribution is 2.27. The molecule has 1 aliphatic rings. The number of allylic oxidation sites excluding steroid dienone is 2. The summed E-state index contributed by atoms with van der Waals surface area (Å²) in [5.41, 5.74) is 0. The van der Waals surface area contributed by atoms with Crippen LogP contribution in [0.2, 0.25) is 0 Å². The molecule has 0 radical (unpaired) electrons. The highest BCUT2D eigenvalue weighted by Gasteiger charge is 2.27. The van der Waals surface area contributed by atoms with Gasteiger partial charge in [-0.3, -0.25) is 4.79 Å². The fourth-order valence-corrected chi connectivity index (χ4v) is 1.92. The molecule has 2 heteroatoms. The van der Waals surface area contributed by atoms with Crippen molar-refractivity contribution in [3.8, 4) is 0 Å². The number of ether oxygens (including phenoxy) is 1. The summed E-state index contributed by atoms with van der Waals surface area (Å²) in [6, 6.07) is 0. The lowest BCUT2D eigenvalue weighted by Crippen LogP contribution is -2.30. The van der Waals surface area contributed by atoms with Gasteiger partial charge >= 0.3 is 0 Å². The molecule has 0 fully saturated rings. The van der Waals surface area contributed by atoms with Gasteiger partial charge in [0.05, 0.1) is 11.7 Å². The summed E-state index contributed by atoms with van der Waals surface area (Å²) in [6.07, 6.45) is 4.88. The zero-order valence-corrected chi connectivity index (χ0v) is 10.2. The van der Waals surface area contributed by atoms with Crippen LogP contribution in [0.3, 0.4) is 0 Å². The van der Waals surface area contributed by atoms with E-state index in [9.17, 15) is 4.79 Å². The summed E-state index contributed by atoms with van der Waals surface area (Å²) in [6.45, 7) is 8.15. The van der Waals surface area contributed by atoms with Gasteiger partial charge in [-0.1, -0.05) is 27.7 Å². The summed E-state index contributed by atoms with van der Waals surface area (Å²) in [5.74, 6) is 1.83. The summed E-state index contributed by atoms with van der Waals surface area (Å²) < 4.78 is 5.87. The second-order valence-electron chi connectivity index (χ2n) is 4.60. The van der Waals surface area contributed by atoms with Gasteiger partial charge in [0.25, 0.3) is 0 Å². The van der Waals surface area contributed by atoms with Crippen molar-refractivity contribution in [3.63, 3.8) is 0 Å². The average molecular weight is 210 g/mol. The number of Topliss-reactive ketones (excluding diaryl/α,β-unsaturated/α-hetero) is 1. The Morgan fingerprint density at radius 3 is 2.73 bits per heavy atom. The fourth-order valence-electron chi connectivity index (χ4n) is 1.92. The molecule has 1 heterocycles. The Bertz CT molecular complexity index is 253. The minimum atomic E-state index is 0.0393. The molecule has 0 aromatic rings. The van der Waals surface area contributed by atoms with E-state index in [-0.39, 0.29) is 12.0 Å². The first-order valence-electron chi connectivity index (χ1n) is 5.95. The third-order valence-corrected chi connectivity index (χ3v) is 3.07. The molecule has 0 aliphatic carbocycles. The van der Waals surface area contributed by atoms with E-state index in [1.54, 1.807) is 0 Å². The van der Waals surface area contributed by atoms with E-state index in [4.69, 9.17) is 4.74 Å². The lowest BCUT2D eigenvalue weighted by atomic mass is 9.92. The van der Waals surface area contributed by atoms with Crippen LogP contribution >= 0.6 is 0 Å². The molecule has 0 saturated carbocycles. The standard InChI is InChI=1S/C13H22O2/c1-5-11(14)10(4)13-8-6-7-12(15-13)9(2)3/h7,9-10,13H,5-6,8H2,1-4H3. The minimum Gasteiger partial charge on any atom is -0.494 e. The molecule has 0 saturated heterocycles. The second kappa shape index (κ2) is 5.34. The number of ketones is 1. The van der Waals surface area contributed by atoms with Crippen molar-refractivity contribution in [2.75, 3.05) is 0 Å². The van der Waals surface area contributed by atoms with Gasteiger partial charge in [0, 0.05) is 12.3 Å². The molecule has 86 valence electrons. The van der Waals surface area contributed by atoms with Crippen LogP contribution in [0.1, 0.15) is 47.0 Å². The highest BCUT2D eigenvalue weighted by atomic mass is 16.5. The van der Waals surface area contributed by atoms with Gasteiger partial charge in [0.15, 0.2) is 0 Å². The topological polar surface area (TPSA) is 26.3 Å². The molecule has 0 aromatic carbocycles.